The van der Waals surface area contributed by atoms with Crippen molar-refractivity contribution in [1.82, 2.24) is 0 Å². The predicted molar refractivity (Wildman–Crippen MR) is 71.7 cm³/mol. The molecule has 1 aromatic rings. The Kier molecular flexibility index (Phi) is 3.96. The van der Waals surface area contributed by atoms with Crippen molar-refractivity contribution in [3.8, 4) is 0 Å². The molecule has 0 N–H and O–H groups in total. The van der Waals surface area contributed by atoms with Gasteiger partial charge in [-0.1, -0.05) is 6.07 Å². The second-order valence-electron chi connectivity index (χ2n) is 4.80. The van der Waals surface area contributed by atoms with Crippen molar-refractivity contribution in [2.45, 2.75) is 24.8 Å². The molecule has 1 fully saturated rings. The summed E-state index contributed by atoms with van der Waals surface area (Å²) in [6, 6.07) is 3.44. The number of hydrogen-bond donors (Lipinski definition) is 0. The topological polar surface area (TPSA) is 54.5 Å². The van der Waals surface area contributed by atoms with E-state index in [-0.39, 0.29) is 24.2 Å². The van der Waals surface area contributed by atoms with Gasteiger partial charge in [0.15, 0.2) is 0 Å². The maximum atomic E-state index is 12.9. The number of halogens is 4. The molecule has 0 radical (unpaired) electrons. The number of aryl methyl sites for hydroxylation is 1. The highest BCUT2D eigenvalue weighted by Crippen LogP contribution is 2.35. The van der Waals surface area contributed by atoms with Gasteiger partial charge in [0, 0.05) is 29.3 Å². The Labute approximate surface area is 123 Å². The van der Waals surface area contributed by atoms with E-state index >= 15 is 0 Å². The van der Waals surface area contributed by atoms with Crippen LogP contribution in [0.25, 0.3) is 0 Å². The highest BCUT2D eigenvalue weighted by atomic mass is 35.7. The first-order valence-corrected chi connectivity index (χ1v) is 8.29. The van der Waals surface area contributed by atoms with Crippen LogP contribution < -0.4 is 4.90 Å². The Hall–Kier alpha value is -1.28. The number of anilines is 1. The Bertz CT molecular complexity index is 687. The van der Waals surface area contributed by atoms with Gasteiger partial charge in [-0.15, -0.1) is 0 Å². The van der Waals surface area contributed by atoms with E-state index in [2.05, 4.69) is 0 Å². The summed E-state index contributed by atoms with van der Waals surface area (Å²) in [5, 5.41) is -1.11. The standard InChI is InChI=1S/C12H11ClF3NO3S/c1-7-2-3-8(4-10(7)12(14,15)16)17-6-9(5-11(17)18)21(13,19)20/h2-4,9H,5-6H2,1H3. The van der Waals surface area contributed by atoms with Crippen molar-refractivity contribution in [3.63, 3.8) is 0 Å². The van der Waals surface area contributed by atoms with Gasteiger partial charge in [-0.25, -0.2) is 8.42 Å². The van der Waals surface area contributed by atoms with Gasteiger partial charge in [-0.05, 0) is 24.6 Å². The average molecular weight is 342 g/mol. The summed E-state index contributed by atoms with van der Waals surface area (Å²) in [4.78, 5) is 12.8. The summed E-state index contributed by atoms with van der Waals surface area (Å²) < 4.78 is 61.1. The molecule has 1 aliphatic heterocycles. The third-order valence-corrected chi connectivity index (χ3v) is 5.19. The van der Waals surface area contributed by atoms with Crippen molar-refractivity contribution >= 4 is 31.3 Å². The summed E-state index contributed by atoms with van der Waals surface area (Å²) in [6.07, 6.45) is -4.87. The first-order chi connectivity index (χ1) is 9.50. The molecule has 1 saturated heterocycles. The number of carbonyl (C=O) groups excluding carboxylic acids is 1. The van der Waals surface area contributed by atoms with E-state index in [0.717, 1.165) is 11.0 Å². The molecule has 0 saturated carbocycles. The number of nitrogens with zero attached hydrogens (tertiary/aromatic N) is 1. The molecule has 1 aliphatic rings. The first kappa shape index (κ1) is 16.1. The van der Waals surface area contributed by atoms with E-state index in [1.165, 1.54) is 19.1 Å². The van der Waals surface area contributed by atoms with Gasteiger partial charge in [0.2, 0.25) is 15.0 Å². The number of carbonyl (C=O) groups is 1. The molecule has 21 heavy (non-hydrogen) atoms. The summed E-state index contributed by atoms with van der Waals surface area (Å²) in [5.74, 6) is -0.568. The van der Waals surface area contributed by atoms with E-state index in [0.29, 0.717) is 0 Å². The molecular formula is C12H11ClF3NO3S. The fourth-order valence-corrected chi connectivity index (χ4v) is 3.22. The number of amides is 1. The monoisotopic (exact) mass is 341 g/mol. The molecule has 116 valence electrons. The highest BCUT2D eigenvalue weighted by molar-refractivity contribution is 8.14. The van der Waals surface area contributed by atoms with Crippen LogP contribution in [0.2, 0.25) is 0 Å². The number of benzene rings is 1. The minimum atomic E-state index is -4.54. The molecule has 4 nitrogen and oxygen atoms in total. The van der Waals surface area contributed by atoms with Gasteiger partial charge < -0.3 is 4.90 Å². The molecule has 9 heteroatoms. The highest BCUT2D eigenvalue weighted by Gasteiger charge is 2.39. The largest absolute Gasteiger partial charge is 0.416 e. The molecule has 1 atom stereocenters. The lowest BCUT2D eigenvalue weighted by molar-refractivity contribution is -0.138. The van der Waals surface area contributed by atoms with Crippen LogP contribution in [0, 0.1) is 6.92 Å². The van der Waals surface area contributed by atoms with Crippen molar-refractivity contribution < 1.29 is 26.4 Å². The lowest BCUT2D eigenvalue weighted by Gasteiger charge is -2.19. The van der Waals surface area contributed by atoms with Gasteiger partial charge >= 0.3 is 6.18 Å². The zero-order chi connectivity index (χ0) is 16.0. The van der Waals surface area contributed by atoms with Crippen LogP contribution in [-0.4, -0.2) is 26.1 Å². The summed E-state index contributed by atoms with van der Waals surface area (Å²) in [7, 11) is 1.26. The lowest BCUT2D eigenvalue weighted by Crippen LogP contribution is -2.27. The van der Waals surface area contributed by atoms with Crippen LogP contribution in [0.5, 0.6) is 0 Å². The van der Waals surface area contributed by atoms with E-state index in [1.54, 1.807) is 0 Å². The smallest absolute Gasteiger partial charge is 0.311 e. The Morgan fingerprint density at radius 2 is 1.95 bits per heavy atom. The van der Waals surface area contributed by atoms with Crippen LogP contribution in [0.3, 0.4) is 0 Å². The molecule has 0 aromatic heterocycles. The molecule has 0 spiro atoms. The molecule has 1 aromatic carbocycles. The van der Waals surface area contributed by atoms with Gasteiger partial charge in [-0.2, -0.15) is 13.2 Å². The van der Waals surface area contributed by atoms with Crippen LogP contribution in [0.4, 0.5) is 18.9 Å². The van der Waals surface area contributed by atoms with Crippen molar-refractivity contribution in [2.75, 3.05) is 11.4 Å². The van der Waals surface area contributed by atoms with Crippen molar-refractivity contribution in [3.05, 3.63) is 29.3 Å². The number of alkyl halides is 3. The zero-order valence-corrected chi connectivity index (χ0v) is 12.4. The van der Waals surface area contributed by atoms with Crippen LogP contribution in [0.1, 0.15) is 17.5 Å². The summed E-state index contributed by atoms with van der Waals surface area (Å²) >= 11 is 0. The van der Waals surface area contributed by atoms with Crippen LogP contribution >= 0.6 is 10.7 Å². The second kappa shape index (κ2) is 5.17. The van der Waals surface area contributed by atoms with E-state index in [4.69, 9.17) is 10.7 Å². The minimum Gasteiger partial charge on any atom is -0.311 e. The second-order valence-corrected chi connectivity index (χ2v) is 7.71. The van der Waals surface area contributed by atoms with Crippen LogP contribution in [0.15, 0.2) is 18.2 Å². The van der Waals surface area contributed by atoms with Gasteiger partial charge in [-0.3, -0.25) is 4.79 Å². The SMILES string of the molecule is Cc1ccc(N2CC(S(=O)(=O)Cl)CC2=O)cc1C(F)(F)F. The Morgan fingerprint density at radius 1 is 1.33 bits per heavy atom. The average Bonchev–Trinajstić information content (AvgIpc) is 2.70. The molecule has 1 unspecified atom stereocenters. The molecule has 1 amide bonds. The molecule has 1 heterocycles. The fourth-order valence-electron chi connectivity index (χ4n) is 2.20. The van der Waals surface area contributed by atoms with Gasteiger partial charge in [0.1, 0.15) is 5.25 Å². The third-order valence-electron chi connectivity index (χ3n) is 3.33. The molecule has 0 aliphatic carbocycles. The Balaban J connectivity index is 2.38. The van der Waals surface area contributed by atoms with Gasteiger partial charge in [0.05, 0.1) is 5.56 Å². The van der Waals surface area contributed by atoms with E-state index in [9.17, 15) is 26.4 Å². The van der Waals surface area contributed by atoms with Crippen molar-refractivity contribution in [2.24, 2.45) is 0 Å². The number of rotatable bonds is 2. The zero-order valence-electron chi connectivity index (χ0n) is 10.8. The normalized spacial score (nSPS) is 20.1. The maximum Gasteiger partial charge on any atom is 0.416 e. The molecule has 2 rings (SSSR count). The van der Waals surface area contributed by atoms with Crippen LogP contribution in [-0.2, 0) is 20.0 Å². The minimum absolute atomic E-state index is 0.0146. The molecule has 0 bridgehead atoms. The lowest BCUT2D eigenvalue weighted by atomic mass is 10.1. The summed E-state index contributed by atoms with van der Waals surface area (Å²) in [5.41, 5.74) is -0.815. The fraction of sp³-hybridized carbons (Fsp3) is 0.417. The number of hydrogen-bond acceptors (Lipinski definition) is 3. The summed E-state index contributed by atoms with van der Waals surface area (Å²) in [6.45, 7) is 1.06. The third kappa shape index (κ3) is 3.32. The van der Waals surface area contributed by atoms with Gasteiger partial charge in [0.25, 0.3) is 0 Å². The first-order valence-electron chi connectivity index (χ1n) is 5.92. The molecular weight excluding hydrogens is 331 g/mol. The van der Waals surface area contributed by atoms with E-state index < -0.39 is 31.9 Å². The maximum absolute atomic E-state index is 12.9. The van der Waals surface area contributed by atoms with Crippen molar-refractivity contribution in [1.29, 1.82) is 0 Å². The quantitative estimate of drug-likeness (QED) is 0.777. The predicted octanol–water partition coefficient (Wildman–Crippen LogP) is 2.69. The van der Waals surface area contributed by atoms with E-state index in [1.807, 2.05) is 0 Å². The Morgan fingerprint density at radius 3 is 2.43 bits per heavy atom.